The quantitative estimate of drug-likeness (QED) is 0.441. The zero-order valence-electron chi connectivity index (χ0n) is 11.7. The Morgan fingerprint density at radius 2 is 2.25 bits per heavy atom. The standard InChI is InChI=1S/C12H21N5O2.HI/c1-18-5-4-17-10-11(9-15-17)8-14-12(13)16-2-6-19-7-3-16;/h9-10H,2-8H2,1H3,(H2,13,14);1H. The van der Waals surface area contributed by atoms with Crippen LogP contribution in [-0.4, -0.2) is 60.7 Å². The van der Waals surface area contributed by atoms with Crippen molar-refractivity contribution < 1.29 is 9.47 Å². The molecular formula is C12H22IN5O2. The number of aliphatic imine (C=N–C) groups is 1. The third kappa shape index (κ3) is 5.25. The van der Waals surface area contributed by atoms with Gasteiger partial charge in [-0.25, -0.2) is 4.99 Å². The molecule has 1 aliphatic rings. The Balaban J connectivity index is 0.00000200. The van der Waals surface area contributed by atoms with Gasteiger partial charge in [0.25, 0.3) is 0 Å². The third-order valence-corrected chi connectivity index (χ3v) is 2.97. The number of aromatic nitrogens is 2. The molecule has 0 amide bonds. The number of morpholine rings is 1. The van der Waals surface area contributed by atoms with Crippen LogP contribution in [0.5, 0.6) is 0 Å². The second kappa shape index (κ2) is 9.14. The zero-order valence-corrected chi connectivity index (χ0v) is 14.0. The van der Waals surface area contributed by atoms with Crippen LogP contribution in [0.15, 0.2) is 17.4 Å². The van der Waals surface area contributed by atoms with Gasteiger partial charge in [-0.3, -0.25) is 4.68 Å². The molecule has 0 aromatic carbocycles. The van der Waals surface area contributed by atoms with E-state index in [9.17, 15) is 0 Å². The zero-order chi connectivity index (χ0) is 13.5. The van der Waals surface area contributed by atoms with Crippen molar-refractivity contribution in [2.24, 2.45) is 10.7 Å². The maximum atomic E-state index is 5.96. The van der Waals surface area contributed by atoms with Crippen molar-refractivity contribution in [3.05, 3.63) is 18.0 Å². The first-order valence-corrected chi connectivity index (χ1v) is 6.42. The number of rotatable bonds is 5. The van der Waals surface area contributed by atoms with E-state index in [1.165, 1.54) is 0 Å². The minimum absolute atomic E-state index is 0. The molecule has 7 nitrogen and oxygen atoms in total. The minimum Gasteiger partial charge on any atom is -0.383 e. The lowest BCUT2D eigenvalue weighted by Gasteiger charge is -2.27. The summed E-state index contributed by atoms with van der Waals surface area (Å²) in [4.78, 5) is 6.43. The lowest BCUT2D eigenvalue weighted by Crippen LogP contribution is -2.44. The van der Waals surface area contributed by atoms with Crippen molar-refractivity contribution in [3.8, 4) is 0 Å². The average Bonchev–Trinajstić information content (AvgIpc) is 2.91. The van der Waals surface area contributed by atoms with E-state index < -0.39 is 0 Å². The van der Waals surface area contributed by atoms with E-state index in [0.717, 1.165) is 25.2 Å². The fourth-order valence-electron chi connectivity index (χ4n) is 1.86. The van der Waals surface area contributed by atoms with Crippen LogP contribution in [-0.2, 0) is 22.6 Å². The Morgan fingerprint density at radius 3 is 2.95 bits per heavy atom. The van der Waals surface area contributed by atoms with E-state index in [1.807, 2.05) is 22.0 Å². The van der Waals surface area contributed by atoms with Crippen molar-refractivity contribution in [2.45, 2.75) is 13.1 Å². The summed E-state index contributed by atoms with van der Waals surface area (Å²) in [5, 5.41) is 4.24. The largest absolute Gasteiger partial charge is 0.383 e. The summed E-state index contributed by atoms with van der Waals surface area (Å²) in [6.45, 7) is 5.00. The Kier molecular flexibility index (Phi) is 7.85. The molecule has 0 bridgehead atoms. The van der Waals surface area contributed by atoms with Crippen molar-refractivity contribution >= 4 is 29.9 Å². The molecule has 20 heavy (non-hydrogen) atoms. The number of hydrogen-bond donors (Lipinski definition) is 1. The summed E-state index contributed by atoms with van der Waals surface area (Å²) in [5.41, 5.74) is 7.00. The first kappa shape index (κ1) is 17.2. The highest BCUT2D eigenvalue weighted by Gasteiger charge is 2.11. The van der Waals surface area contributed by atoms with Gasteiger partial charge in [0.1, 0.15) is 0 Å². The van der Waals surface area contributed by atoms with Gasteiger partial charge in [-0.15, -0.1) is 24.0 Å². The third-order valence-electron chi connectivity index (χ3n) is 2.97. The van der Waals surface area contributed by atoms with Gasteiger partial charge in [0.2, 0.25) is 0 Å². The van der Waals surface area contributed by atoms with E-state index in [1.54, 1.807) is 7.11 Å². The summed E-state index contributed by atoms with van der Waals surface area (Å²) in [6, 6.07) is 0. The average molecular weight is 395 g/mol. The first-order valence-electron chi connectivity index (χ1n) is 6.42. The van der Waals surface area contributed by atoms with Crippen LogP contribution in [0.3, 0.4) is 0 Å². The van der Waals surface area contributed by atoms with Gasteiger partial charge in [-0.05, 0) is 0 Å². The van der Waals surface area contributed by atoms with Gasteiger partial charge in [0.15, 0.2) is 5.96 Å². The number of nitrogens with zero attached hydrogens (tertiary/aromatic N) is 4. The highest BCUT2D eigenvalue weighted by atomic mass is 127. The van der Waals surface area contributed by atoms with E-state index in [4.69, 9.17) is 15.2 Å². The summed E-state index contributed by atoms with van der Waals surface area (Å²) in [5.74, 6) is 0.577. The minimum atomic E-state index is 0. The molecule has 0 atom stereocenters. The van der Waals surface area contributed by atoms with Crippen LogP contribution in [0, 0.1) is 0 Å². The molecule has 114 valence electrons. The Bertz CT molecular complexity index is 418. The van der Waals surface area contributed by atoms with Gasteiger partial charge in [0.05, 0.1) is 39.1 Å². The lowest BCUT2D eigenvalue weighted by atomic mass is 10.4. The molecular weight excluding hydrogens is 373 g/mol. The number of methoxy groups -OCH3 is 1. The van der Waals surface area contributed by atoms with Crippen LogP contribution in [0.4, 0.5) is 0 Å². The fourth-order valence-corrected chi connectivity index (χ4v) is 1.86. The van der Waals surface area contributed by atoms with Gasteiger partial charge in [-0.2, -0.15) is 5.10 Å². The summed E-state index contributed by atoms with van der Waals surface area (Å²) >= 11 is 0. The predicted molar refractivity (Wildman–Crippen MR) is 87.2 cm³/mol. The summed E-state index contributed by atoms with van der Waals surface area (Å²) < 4.78 is 12.1. The van der Waals surface area contributed by atoms with E-state index in [-0.39, 0.29) is 24.0 Å². The lowest BCUT2D eigenvalue weighted by molar-refractivity contribution is 0.0674. The molecule has 2 heterocycles. The van der Waals surface area contributed by atoms with E-state index >= 15 is 0 Å². The van der Waals surface area contributed by atoms with Crippen LogP contribution < -0.4 is 5.73 Å². The molecule has 1 aliphatic heterocycles. The Hall–Kier alpha value is -0.870. The molecule has 2 rings (SSSR count). The molecule has 1 fully saturated rings. The van der Waals surface area contributed by atoms with Gasteiger partial charge in [0, 0.05) is 32.0 Å². The van der Waals surface area contributed by atoms with E-state index in [2.05, 4.69) is 10.1 Å². The molecule has 0 unspecified atom stereocenters. The number of hydrogen-bond acceptors (Lipinski definition) is 4. The highest BCUT2D eigenvalue weighted by molar-refractivity contribution is 14.0. The van der Waals surface area contributed by atoms with E-state index in [0.29, 0.717) is 32.3 Å². The van der Waals surface area contributed by atoms with Crippen LogP contribution in [0.25, 0.3) is 0 Å². The second-order valence-corrected chi connectivity index (χ2v) is 4.38. The summed E-state index contributed by atoms with van der Waals surface area (Å²) in [7, 11) is 1.68. The van der Waals surface area contributed by atoms with Crippen LogP contribution in [0.1, 0.15) is 5.56 Å². The maximum absolute atomic E-state index is 5.96. The van der Waals surface area contributed by atoms with Crippen molar-refractivity contribution in [1.29, 1.82) is 0 Å². The molecule has 0 aliphatic carbocycles. The van der Waals surface area contributed by atoms with Gasteiger partial charge >= 0.3 is 0 Å². The van der Waals surface area contributed by atoms with Crippen LogP contribution >= 0.6 is 24.0 Å². The number of nitrogens with two attached hydrogens (primary N) is 1. The maximum Gasteiger partial charge on any atom is 0.191 e. The first-order chi connectivity index (χ1) is 9.29. The molecule has 1 aromatic heterocycles. The smallest absolute Gasteiger partial charge is 0.191 e. The van der Waals surface area contributed by atoms with Gasteiger partial charge < -0.3 is 20.1 Å². The van der Waals surface area contributed by atoms with Crippen molar-refractivity contribution in [1.82, 2.24) is 14.7 Å². The molecule has 0 spiro atoms. The highest BCUT2D eigenvalue weighted by Crippen LogP contribution is 2.02. The SMILES string of the molecule is COCCn1cc(CN=C(N)N2CCOCC2)cn1.I. The monoisotopic (exact) mass is 395 g/mol. The number of guanidine groups is 1. The molecule has 1 aromatic rings. The molecule has 2 N–H and O–H groups in total. The van der Waals surface area contributed by atoms with Crippen molar-refractivity contribution in [2.75, 3.05) is 40.0 Å². The normalized spacial score (nSPS) is 16.1. The number of halogens is 1. The Labute approximate surface area is 136 Å². The number of ether oxygens (including phenoxy) is 2. The fraction of sp³-hybridized carbons (Fsp3) is 0.667. The predicted octanol–water partition coefficient (Wildman–Crippen LogP) is 0.294. The van der Waals surface area contributed by atoms with Crippen LogP contribution in [0.2, 0.25) is 0 Å². The molecule has 1 saturated heterocycles. The summed E-state index contributed by atoms with van der Waals surface area (Å²) in [6.07, 6.45) is 3.78. The second-order valence-electron chi connectivity index (χ2n) is 4.38. The molecule has 0 radical (unpaired) electrons. The molecule has 0 saturated carbocycles. The van der Waals surface area contributed by atoms with Crippen molar-refractivity contribution in [3.63, 3.8) is 0 Å². The van der Waals surface area contributed by atoms with Gasteiger partial charge in [-0.1, -0.05) is 0 Å². The topological polar surface area (TPSA) is 77.9 Å². The molecule has 8 heteroatoms. The Morgan fingerprint density at radius 1 is 1.50 bits per heavy atom.